The van der Waals surface area contributed by atoms with Crippen molar-refractivity contribution in [3.05, 3.63) is 59.0 Å². The second-order valence-electron chi connectivity index (χ2n) is 7.37. The Hall–Kier alpha value is -3.15. The minimum Gasteiger partial charge on any atom is -0.356 e. The molecule has 1 unspecified atom stereocenters. The minimum absolute atomic E-state index is 0.107. The standard InChI is InChI=1S/C21H21N5O/c1-14-6-5-11-25(13-14)18-10-9-17-20(23-18)19-16(12-22-17)21(27)26(24-19)15-7-3-2-4-8-15/h2-4,7-10,12,14,24H,5-6,11,13H2,1H3. The molecule has 1 aliphatic rings. The molecule has 6 nitrogen and oxygen atoms in total. The summed E-state index contributed by atoms with van der Waals surface area (Å²) < 4.78 is 1.56. The molecule has 0 amide bonds. The number of aromatic amines is 1. The molecule has 5 rings (SSSR count). The molecule has 136 valence electrons. The zero-order chi connectivity index (χ0) is 18.4. The van der Waals surface area contributed by atoms with Crippen LogP contribution in [0.5, 0.6) is 0 Å². The molecule has 1 atom stereocenters. The van der Waals surface area contributed by atoms with Crippen LogP contribution in [0.3, 0.4) is 0 Å². The molecule has 0 saturated carbocycles. The first-order valence-electron chi connectivity index (χ1n) is 9.41. The third kappa shape index (κ3) is 2.68. The normalized spacial score (nSPS) is 17.7. The molecule has 3 aromatic heterocycles. The SMILES string of the molecule is CC1CCCN(c2ccc3ncc4c(=O)n(-c5ccccc5)[nH]c4c3n2)C1. The van der Waals surface area contributed by atoms with Crippen LogP contribution in [-0.4, -0.2) is 32.8 Å². The number of H-pyrrole nitrogens is 1. The number of aromatic nitrogens is 4. The highest BCUT2D eigenvalue weighted by Crippen LogP contribution is 2.25. The van der Waals surface area contributed by atoms with Crippen LogP contribution in [0.4, 0.5) is 5.82 Å². The van der Waals surface area contributed by atoms with Crippen molar-refractivity contribution in [3.63, 3.8) is 0 Å². The van der Waals surface area contributed by atoms with Crippen molar-refractivity contribution in [2.45, 2.75) is 19.8 Å². The predicted octanol–water partition coefficient (Wildman–Crippen LogP) is 3.50. The lowest BCUT2D eigenvalue weighted by Gasteiger charge is -2.31. The first-order valence-corrected chi connectivity index (χ1v) is 9.41. The largest absolute Gasteiger partial charge is 0.356 e. The predicted molar refractivity (Wildman–Crippen MR) is 108 cm³/mol. The molecule has 1 aliphatic heterocycles. The maximum Gasteiger partial charge on any atom is 0.280 e. The van der Waals surface area contributed by atoms with Gasteiger partial charge in [-0.1, -0.05) is 25.1 Å². The molecule has 0 spiro atoms. The molecule has 27 heavy (non-hydrogen) atoms. The van der Waals surface area contributed by atoms with Crippen LogP contribution >= 0.6 is 0 Å². The van der Waals surface area contributed by atoms with Crippen molar-refractivity contribution in [3.8, 4) is 5.69 Å². The van der Waals surface area contributed by atoms with E-state index in [1.54, 1.807) is 10.9 Å². The average molecular weight is 359 g/mol. The Balaban J connectivity index is 1.69. The summed E-state index contributed by atoms with van der Waals surface area (Å²) in [4.78, 5) is 24.5. The van der Waals surface area contributed by atoms with Gasteiger partial charge in [0.15, 0.2) is 0 Å². The lowest BCUT2D eigenvalue weighted by Crippen LogP contribution is -2.34. The van der Waals surface area contributed by atoms with Gasteiger partial charge in [-0.05, 0) is 43.0 Å². The summed E-state index contributed by atoms with van der Waals surface area (Å²) in [6.45, 7) is 4.32. The van der Waals surface area contributed by atoms with Crippen LogP contribution in [0.25, 0.3) is 27.6 Å². The van der Waals surface area contributed by atoms with Gasteiger partial charge in [-0.15, -0.1) is 0 Å². The molecule has 0 aliphatic carbocycles. The Morgan fingerprint density at radius 2 is 2.00 bits per heavy atom. The van der Waals surface area contributed by atoms with Crippen LogP contribution in [0.2, 0.25) is 0 Å². The maximum absolute atomic E-state index is 12.9. The summed E-state index contributed by atoms with van der Waals surface area (Å²) >= 11 is 0. The number of pyridine rings is 2. The number of hydrogen-bond acceptors (Lipinski definition) is 4. The Morgan fingerprint density at radius 3 is 2.81 bits per heavy atom. The van der Waals surface area contributed by atoms with Gasteiger partial charge in [0.1, 0.15) is 11.3 Å². The first-order chi connectivity index (χ1) is 13.2. The van der Waals surface area contributed by atoms with Crippen molar-refractivity contribution < 1.29 is 0 Å². The molecule has 4 heterocycles. The summed E-state index contributed by atoms with van der Waals surface area (Å²) in [7, 11) is 0. The third-order valence-electron chi connectivity index (χ3n) is 5.35. The Bertz CT molecular complexity index is 1180. The highest BCUT2D eigenvalue weighted by molar-refractivity contribution is 6.00. The van der Waals surface area contributed by atoms with E-state index >= 15 is 0 Å². The number of rotatable bonds is 2. The fourth-order valence-electron chi connectivity index (χ4n) is 3.95. The zero-order valence-electron chi connectivity index (χ0n) is 15.2. The first kappa shape index (κ1) is 16.1. The number of para-hydroxylation sites is 1. The van der Waals surface area contributed by atoms with Gasteiger partial charge in [-0.2, -0.15) is 0 Å². The van der Waals surface area contributed by atoms with E-state index in [-0.39, 0.29) is 5.56 Å². The van der Waals surface area contributed by atoms with E-state index < -0.39 is 0 Å². The fourth-order valence-corrected chi connectivity index (χ4v) is 3.95. The molecular weight excluding hydrogens is 338 g/mol. The van der Waals surface area contributed by atoms with Crippen molar-refractivity contribution in [2.24, 2.45) is 5.92 Å². The van der Waals surface area contributed by atoms with E-state index in [9.17, 15) is 4.79 Å². The Labute approximate surface area is 156 Å². The van der Waals surface area contributed by atoms with E-state index in [0.717, 1.165) is 41.1 Å². The van der Waals surface area contributed by atoms with Gasteiger partial charge in [0.2, 0.25) is 0 Å². The average Bonchev–Trinajstić information content (AvgIpc) is 3.05. The second kappa shape index (κ2) is 6.23. The topological polar surface area (TPSA) is 66.8 Å². The van der Waals surface area contributed by atoms with E-state index in [4.69, 9.17) is 4.98 Å². The molecular formula is C21H21N5O. The van der Waals surface area contributed by atoms with Gasteiger partial charge >= 0.3 is 0 Å². The van der Waals surface area contributed by atoms with Crippen LogP contribution in [0, 0.1) is 5.92 Å². The number of benzene rings is 1. The summed E-state index contributed by atoms with van der Waals surface area (Å²) in [5.41, 5.74) is 2.96. The second-order valence-corrected chi connectivity index (χ2v) is 7.37. The molecule has 0 bridgehead atoms. The lowest BCUT2D eigenvalue weighted by atomic mass is 10.0. The Morgan fingerprint density at radius 1 is 1.15 bits per heavy atom. The molecule has 0 radical (unpaired) electrons. The summed E-state index contributed by atoms with van der Waals surface area (Å²) in [5.74, 6) is 1.63. The lowest BCUT2D eigenvalue weighted by molar-refractivity contribution is 0.445. The van der Waals surface area contributed by atoms with Gasteiger partial charge in [0.05, 0.1) is 22.1 Å². The molecule has 1 N–H and O–H groups in total. The van der Waals surface area contributed by atoms with Crippen molar-refractivity contribution in [1.82, 2.24) is 19.7 Å². The number of nitrogens with one attached hydrogen (secondary N) is 1. The number of piperidine rings is 1. The van der Waals surface area contributed by atoms with Crippen molar-refractivity contribution >= 4 is 27.8 Å². The smallest absolute Gasteiger partial charge is 0.280 e. The van der Waals surface area contributed by atoms with E-state index in [1.165, 1.54) is 12.8 Å². The van der Waals surface area contributed by atoms with E-state index in [2.05, 4.69) is 21.9 Å². The fraction of sp³-hybridized carbons (Fsp3) is 0.286. The minimum atomic E-state index is -0.107. The maximum atomic E-state index is 12.9. The molecule has 1 saturated heterocycles. The zero-order valence-corrected chi connectivity index (χ0v) is 15.2. The Kier molecular flexibility index (Phi) is 3.70. The third-order valence-corrected chi connectivity index (χ3v) is 5.35. The van der Waals surface area contributed by atoms with E-state index in [0.29, 0.717) is 11.3 Å². The summed E-state index contributed by atoms with van der Waals surface area (Å²) in [5, 5.41) is 3.80. The van der Waals surface area contributed by atoms with Crippen LogP contribution in [0.15, 0.2) is 53.5 Å². The van der Waals surface area contributed by atoms with Gasteiger partial charge in [-0.25, -0.2) is 9.67 Å². The monoisotopic (exact) mass is 359 g/mol. The quantitative estimate of drug-likeness (QED) is 0.595. The number of hydrogen-bond donors (Lipinski definition) is 1. The van der Waals surface area contributed by atoms with Crippen LogP contribution in [0.1, 0.15) is 19.8 Å². The summed E-state index contributed by atoms with van der Waals surface area (Å²) in [6.07, 6.45) is 4.09. The van der Waals surface area contributed by atoms with Crippen LogP contribution in [-0.2, 0) is 0 Å². The van der Waals surface area contributed by atoms with Gasteiger partial charge in [-0.3, -0.25) is 14.9 Å². The highest BCUT2D eigenvalue weighted by atomic mass is 16.1. The number of anilines is 1. The molecule has 4 aromatic rings. The van der Waals surface area contributed by atoms with Crippen LogP contribution < -0.4 is 10.5 Å². The number of fused-ring (bicyclic) bond motifs is 3. The van der Waals surface area contributed by atoms with Gasteiger partial charge in [0, 0.05) is 19.3 Å². The van der Waals surface area contributed by atoms with Gasteiger partial charge < -0.3 is 4.90 Å². The number of nitrogens with zero attached hydrogens (tertiary/aromatic N) is 4. The molecule has 1 fully saturated rings. The highest BCUT2D eigenvalue weighted by Gasteiger charge is 2.19. The summed E-state index contributed by atoms with van der Waals surface area (Å²) in [6, 6.07) is 13.6. The van der Waals surface area contributed by atoms with Crippen molar-refractivity contribution in [1.29, 1.82) is 0 Å². The van der Waals surface area contributed by atoms with E-state index in [1.807, 2.05) is 42.5 Å². The van der Waals surface area contributed by atoms with Crippen molar-refractivity contribution in [2.75, 3.05) is 18.0 Å². The van der Waals surface area contributed by atoms with Gasteiger partial charge in [0.25, 0.3) is 5.56 Å². The molecule has 6 heteroatoms. The molecule has 1 aromatic carbocycles.